The molecule has 2 amide bonds. The lowest BCUT2D eigenvalue weighted by atomic mass is 9.44. The van der Waals surface area contributed by atoms with E-state index in [0.29, 0.717) is 29.0 Å². The molecule has 1 aliphatic heterocycles. The first kappa shape index (κ1) is 21.3. The van der Waals surface area contributed by atoms with E-state index in [4.69, 9.17) is 0 Å². The van der Waals surface area contributed by atoms with E-state index in [1.165, 1.54) is 17.4 Å². The Morgan fingerprint density at radius 3 is 2.65 bits per heavy atom. The predicted molar refractivity (Wildman–Crippen MR) is 124 cm³/mol. The third-order valence-corrected chi connectivity index (χ3v) is 8.13. The fraction of sp³-hybridized carbons (Fsp3) is 0.478. The molecule has 0 aromatic carbocycles. The first-order chi connectivity index (χ1) is 16.3. The van der Waals surface area contributed by atoms with Crippen LogP contribution in [-0.2, 0) is 4.79 Å². The van der Waals surface area contributed by atoms with E-state index in [9.17, 15) is 14.0 Å². The van der Waals surface area contributed by atoms with Crippen LogP contribution in [0.25, 0.3) is 10.3 Å². The number of halogens is 1. The number of aromatic nitrogens is 4. The third-order valence-electron chi connectivity index (χ3n) is 7.16. The van der Waals surface area contributed by atoms with Gasteiger partial charge in [-0.3, -0.25) is 14.6 Å². The van der Waals surface area contributed by atoms with Crippen LogP contribution in [0, 0.1) is 24.1 Å². The number of amides is 2. The van der Waals surface area contributed by atoms with Crippen molar-refractivity contribution in [2.24, 2.45) is 11.3 Å². The maximum absolute atomic E-state index is 13.6. The lowest BCUT2D eigenvalue weighted by molar-refractivity contribution is -0.166. The normalized spacial score (nSPS) is 24.1. The summed E-state index contributed by atoms with van der Waals surface area (Å²) < 4.78 is 14.2. The highest BCUT2D eigenvalue weighted by molar-refractivity contribution is 7.18. The van der Waals surface area contributed by atoms with Gasteiger partial charge in [0.2, 0.25) is 11.9 Å². The summed E-state index contributed by atoms with van der Waals surface area (Å²) in [6, 6.07) is 1.04. The minimum atomic E-state index is -0.429. The Hall–Kier alpha value is -3.21. The number of rotatable bonds is 6. The molecule has 4 fully saturated rings. The zero-order valence-electron chi connectivity index (χ0n) is 18.8. The van der Waals surface area contributed by atoms with Crippen LogP contribution in [0.4, 0.5) is 10.3 Å². The van der Waals surface area contributed by atoms with Crippen molar-refractivity contribution in [1.29, 1.82) is 0 Å². The molecule has 2 bridgehead atoms. The van der Waals surface area contributed by atoms with Crippen molar-refractivity contribution in [3.05, 3.63) is 40.5 Å². The molecule has 3 aromatic rings. The first-order valence-corrected chi connectivity index (χ1v) is 12.2. The number of nitrogens with one attached hydrogen (secondary N) is 2. The third kappa shape index (κ3) is 3.49. The van der Waals surface area contributed by atoms with E-state index in [1.54, 1.807) is 11.1 Å². The topological polar surface area (TPSA) is 113 Å². The van der Waals surface area contributed by atoms with Crippen LogP contribution in [0.3, 0.4) is 0 Å². The number of anilines is 1. The molecular formula is C23H24FN7O2S. The second-order valence-corrected chi connectivity index (χ2v) is 10.9. The van der Waals surface area contributed by atoms with Crippen LogP contribution in [0.2, 0.25) is 0 Å². The number of nitrogens with zero attached hydrogens (tertiary/aromatic N) is 5. The summed E-state index contributed by atoms with van der Waals surface area (Å²) >= 11 is 1.37. The Morgan fingerprint density at radius 2 is 1.97 bits per heavy atom. The zero-order valence-corrected chi connectivity index (χ0v) is 19.7. The molecule has 9 nitrogen and oxygen atoms in total. The van der Waals surface area contributed by atoms with Crippen LogP contribution in [-0.4, -0.2) is 55.8 Å². The van der Waals surface area contributed by atoms with Crippen molar-refractivity contribution in [3.63, 3.8) is 0 Å². The van der Waals surface area contributed by atoms with Crippen molar-refractivity contribution in [2.45, 2.75) is 45.2 Å². The van der Waals surface area contributed by atoms with E-state index in [2.05, 4.69) is 30.6 Å². The summed E-state index contributed by atoms with van der Waals surface area (Å²) in [6.45, 7) is 4.62. The standard InChI is InChI=1S/C23H24FN7O2S/c1-11(14-3-15(24)8-25-7-14)26-22-29-17(18-19(30-22)27-12(2)34-18)20(32)31-9-16(10-31)28-21(33)23-4-13(5-23)6-23/h3,7-8,11,13,16H,4-6,9-10H2,1-2H3,(H,28,33)(H,26,29,30)/t11-,13?,23?/m0/s1. The molecule has 176 valence electrons. The molecule has 3 aromatic heterocycles. The van der Waals surface area contributed by atoms with Crippen LogP contribution in [0.1, 0.15) is 53.3 Å². The minimum Gasteiger partial charge on any atom is -0.349 e. The number of hydrogen-bond donors (Lipinski definition) is 2. The van der Waals surface area contributed by atoms with Crippen LogP contribution in [0.5, 0.6) is 0 Å². The average molecular weight is 482 g/mol. The highest BCUT2D eigenvalue weighted by Gasteiger charge is 2.61. The summed E-state index contributed by atoms with van der Waals surface area (Å²) in [4.78, 5) is 44.8. The van der Waals surface area contributed by atoms with Gasteiger partial charge in [0.25, 0.3) is 5.91 Å². The molecule has 2 N–H and O–H groups in total. The fourth-order valence-electron chi connectivity index (χ4n) is 5.06. The maximum Gasteiger partial charge on any atom is 0.274 e. The Labute approximate surface area is 199 Å². The molecule has 1 atom stereocenters. The van der Waals surface area contributed by atoms with Crippen molar-refractivity contribution >= 4 is 39.4 Å². The Morgan fingerprint density at radius 1 is 1.21 bits per heavy atom. The molecule has 11 heteroatoms. The SMILES string of the molecule is Cc1nc2nc(N[C@@H](C)c3cncc(F)c3)nc(C(=O)N3CC(NC(=O)C45CC(C4)C5)C3)c2s1. The number of hydrogen-bond acceptors (Lipinski definition) is 8. The summed E-state index contributed by atoms with van der Waals surface area (Å²) in [6.07, 6.45) is 5.75. The number of fused-ring (bicyclic) bond motifs is 1. The number of thiazole rings is 1. The van der Waals surface area contributed by atoms with E-state index in [1.807, 2.05) is 13.8 Å². The predicted octanol–water partition coefficient (Wildman–Crippen LogP) is 2.84. The van der Waals surface area contributed by atoms with Gasteiger partial charge in [0, 0.05) is 24.7 Å². The molecule has 3 saturated carbocycles. The van der Waals surface area contributed by atoms with Crippen LogP contribution >= 0.6 is 11.3 Å². The quantitative estimate of drug-likeness (QED) is 0.557. The lowest BCUT2D eigenvalue weighted by Crippen LogP contribution is -2.67. The largest absolute Gasteiger partial charge is 0.349 e. The highest BCUT2D eigenvalue weighted by atomic mass is 32.1. The number of likely N-dealkylation sites (tertiary alicyclic amines) is 1. The van der Waals surface area contributed by atoms with Gasteiger partial charge in [-0.2, -0.15) is 4.98 Å². The first-order valence-electron chi connectivity index (χ1n) is 11.4. The van der Waals surface area contributed by atoms with Gasteiger partial charge in [-0.15, -0.1) is 11.3 Å². The van der Waals surface area contributed by atoms with Crippen molar-refractivity contribution < 1.29 is 14.0 Å². The van der Waals surface area contributed by atoms with Crippen LogP contribution < -0.4 is 10.6 Å². The second kappa shape index (κ2) is 7.66. The van der Waals surface area contributed by atoms with Gasteiger partial charge in [0.1, 0.15) is 10.5 Å². The van der Waals surface area contributed by atoms with E-state index in [-0.39, 0.29) is 41.0 Å². The summed E-state index contributed by atoms with van der Waals surface area (Å²) in [5, 5.41) is 7.03. The molecule has 1 saturated heterocycles. The Kier molecular flexibility index (Phi) is 4.80. The minimum absolute atomic E-state index is 0.0240. The van der Waals surface area contributed by atoms with E-state index >= 15 is 0 Å². The van der Waals surface area contributed by atoms with Gasteiger partial charge in [-0.25, -0.2) is 14.4 Å². The number of carbonyl (C=O) groups is 2. The van der Waals surface area contributed by atoms with Crippen LogP contribution in [0.15, 0.2) is 18.5 Å². The van der Waals surface area contributed by atoms with Gasteiger partial charge in [0.15, 0.2) is 11.3 Å². The molecule has 0 unspecified atom stereocenters. The van der Waals surface area contributed by atoms with Gasteiger partial charge in [-0.1, -0.05) is 0 Å². The molecule has 7 rings (SSSR count). The number of pyridine rings is 1. The summed E-state index contributed by atoms with van der Waals surface area (Å²) in [7, 11) is 0. The van der Waals surface area contributed by atoms with E-state index < -0.39 is 5.82 Å². The van der Waals surface area contributed by atoms with Gasteiger partial charge < -0.3 is 15.5 Å². The molecule has 4 aliphatic rings. The summed E-state index contributed by atoms with van der Waals surface area (Å²) in [5.74, 6) is 0.488. The monoisotopic (exact) mass is 481 g/mol. The average Bonchev–Trinajstić information content (AvgIpc) is 3.07. The van der Waals surface area contributed by atoms with Gasteiger partial charge in [0.05, 0.1) is 23.3 Å². The van der Waals surface area contributed by atoms with Crippen molar-refractivity contribution in [1.82, 2.24) is 30.2 Å². The Bertz CT molecular complexity index is 1300. The lowest BCUT2D eigenvalue weighted by Gasteiger charge is -2.60. The van der Waals surface area contributed by atoms with Gasteiger partial charge >= 0.3 is 0 Å². The molecule has 3 aliphatic carbocycles. The molecular weight excluding hydrogens is 457 g/mol. The van der Waals surface area contributed by atoms with Gasteiger partial charge in [-0.05, 0) is 50.7 Å². The molecule has 0 radical (unpaired) electrons. The van der Waals surface area contributed by atoms with Crippen molar-refractivity contribution in [2.75, 3.05) is 18.4 Å². The molecule has 0 spiro atoms. The smallest absolute Gasteiger partial charge is 0.274 e. The van der Waals surface area contributed by atoms with E-state index in [0.717, 1.165) is 36.4 Å². The summed E-state index contributed by atoms with van der Waals surface area (Å²) in [5.41, 5.74) is 1.24. The molecule has 4 heterocycles. The highest BCUT2D eigenvalue weighted by Crippen LogP contribution is 2.64. The zero-order chi connectivity index (χ0) is 23.6. The number of carbonyl (C=O) groups excluding carboxylic acids is 2. The molecule has 34 heavy (non-hydrogen) atoms. The maximum atomic E-state index is 13.6. The fourth-order valence-corrected chi connectivity index (χ4v) is 5.90. The van der Waals surface area contributed by atoms with Crippen molar-refractivity contribution in [3.8, 4) is 0 Å². The second-order valence-electron chi connectivity index (χ2n) is 9.72. The Balaban J connectivity index is 1.18. The number of aryl methyl sites for hydroxylation is 1.